The topological polar surface area (TPSA) is 97.7 Å². The number of carbonyl (C=O) groups is 4. The summed E-state index contributed by atoms with van der Waals surface area (Å²) in [5, 5.41) is 11.0. The van der Waals surface area contributed by atoms with Crippen LogP contribution in [0.5, 0.6) is 0 Å². The largest absolute Gasteiger partial charge is 0.507 e. The van der Waals surface area contributed by atoms with Crippen molar-refractivity contribution in [1.29, 1.82) is 0 Å². The molecule has 0 bridgehead atoms. The lowest BCUT2D eigenvalue weighted by atomic mass is 9.85. The number of ether oxygens (including phenoxy) is 1. The summed E-state index contributed by atoms with van der Waals surface area (Å²) in [5.41, 5.74) is -2.98. The fraction of sp³-hybridized carbons (Fsp3) is 0.0526. The molecule has 1 N–H and O–H groups in total. The zero-order chi connectivity index (χ0) is 18.6. The number of carbonyl (C=O) groups excluding carboxylic acids is 4. The Labute approximate surface area is 151 Å². The molecule has 1 saturated heterocycles. The fourth-order valence-electron chi connectivity index (χ4n) is 3.21. The molecule has 2 aliphatic rings. The first-order chi connectivity index (χ1) is 12.4. The number of hydrogen-bond acceptors (Lipinski definition) is 6. The minimum atomic E-state index is -2.48. The van der Waals surface area contributed by atoms with Crippen LogP contribution in [0.3, 0.4) is 0 Å². The molecule has 1 spiro atoms. The second kappa shape index (κ2) is 5.37. The van der Waals surface area contributed by atoms with Crippen LogP contribution in [0.1, 0.15) is 26.3 Å². The highest BCUT2D eigenvalue weighted by atomic mass is 35.5. The van der Waals surface area contributed by atoms with E-state index in [1.54, 1.807) is 12.1 Å². The second-order valence-electron chi connectivity index (χ2n) is 5.83. The number of aliphatic hydroxyl groups is 1. The molecule has 4 rings (SSSR count). The SMILES string of the molecule is O=C1OC2(C(=O)c3ccccc3C2=O)/C(=C(/O)c2ccc(Cl)cc2)C1=O. The molecule has 26 heavy (non-hydrogen) atoms. The molecule has 0 aromatic heterocycles. The van der Waals surface area contributed by atoms with Gasteiger partial charge in [0.15, 0.2) is 0 Å². The number of esters is 1. The molecule has 128 valence electrons. The number of halogens is 1. The minimum absolute atomic E-state index is 0.0291. The zero-order valence-electron chi connectivity index (χ0n) is 13.0. The van der Waals surface area contributed by atoms with E-state index in [-0.39, 0.29) is 16.7 Å². The molecule has 1 heterocycles. The van der Waals surface area contributed by atoms with E-state index in [1.165, 1.54) is 36.4 Å². The molecule has 1 aliphatic heterocycles. The van der Waals surface area contributed by atoms with Gasteiger partial charge in [0.1, 0.15) is 11.3 Å². The average Bonchev–Trinajstić information content (AvgIpc) is 3.03. The van der Waals surface area contributed by atoms with Gasteiger partial charge in [0.2, 0.25) is 11.6 Å². The van der Waals surface area contributed by atoms with Crippen LogP contribution in [0.4, 0.5) is 0 Å². The van der Waals surface area contributed by atoms with E-state index in [0.717, 1.165) is 0 Å². The fourth-order valence-corrected chi connectivity index (χ4v) is 3.33. The van der Waals surface area contributed by atoms with Gasteiger partial charge < -0.3 is 9.84 Å². The Morgan fingerprint density at radius 3 is 1.96 bits per heavy atom. The van der Waals surface area contributed by atoms with Gasteiger partial charge in [-0.05, 0) is 24.3 Å². The number of fused-ring (bicyclic) bond motifs is 1. The van der Waals surface area contributed by atoms with Crippen molar-refractivity contribution in [3.8, 4) is 0 Å². The van der Waals surface area contributed by atoms with Gasteiger partial charge in [-0.15, -0.1) is 0 Å². The molecule has 1 aliphatic carbocycles. The molecule has 6 nitrogen and oxygen atoms in total. The average molecular weight is 369 g/mol. The van der Waals surface area contributed by atoms with Crippen LogP contribution >= 0.6 is 11.6 Å². The third kappa shape index (κ3) is 1.93. The van der Waals surface area contributed by atoms with Gasteiger partial charge >= 0.3 is 5.97 Å². The quantitative estimate of drug-likeness (QED) is 0.273. The van der Waals surface area contributed by atoms with Crippen LogP contribution in [0, 0.1) is 0 Å². The summed E-state index contributed by atoms with van der Waals surface area (Å²) in [6.07, 6.45) is 0. The van der Waals surface area contributed by atoms with Crippen LogP contribution in [-0.4, -0.2) is 34.0 Å². The first-order valence-corrected chi connectivity index (χ1v) is 7.91. The van der Waals surface area contributed by atoms with E-state index in [1.807, 2.05) is 0 Å². The van der Waals surface area contributed by atoms with Crippen LogP contribution in [-0.2, 0) is 14.3 Å². The van der Waals surface area contributed by atoms with E-state index >= 15 is 0 Å². The Hall–Kier alpha value is -3.25. The standard InChI is InChI=1S/C19H9ClO6/c20-10-7-5-9(6-8-10)14(21)13-15(22)18(25)26-19(13)16(23)11-3-1-2-4-12(11)17(19)24/h1-8,21H/b14-13+. The highest BCUT2D eigenvalue weighted by molar-refractivity contribution is 6.52. The molecule has 7 heteroatoms. The zero-order valence-corrected chi connectivity index (χ0v) is 13.7. The molecule has 0 radical (unpaired) electrons. The summed E-state index contributed by atoms with van der Waals surface area (Å²) in [6, 6.07) is 11.6. The maximum absolute atomic E-state index is 12.9. The highest BCUT2D eigenvalue weighted by Gasteiger charge is 2.67. The van der Waals surface area contributed by atoms with E-state index < -0.39 is 40.3 Å². The first kappa shape index (κ1) is 16.2. The highest BCUT2D eigenvalue weighted by Crippen LogP contribution is 2.44. The van der Waals surface area contributed by atoms with Gasteiger partial charge in [-0.1, -0.05) is 35.9 Å². The smallest absolute Gasteiger partial charge is 0.381 e. The van der Waals surface area contributed by atoms with Gasteiger partial charge in [-0.3, -0.25) is 14.4 Å². The lowest BCUT2D eigenvalue weighted by Crippen LogP contribution is -2.43. The van der Waals surface area contributed by atoms with Crippen molar-refractivity contribution in [2.45, 2.75) is 5.60 Å². The van der Waals surface area contributed by atoms with Crippen molar-refractivity contribution in [3.05, 3.63) is 75.8 Å². The van der Waals surface area contributed by atoms with Gasteiger partial charge in [0.05, 0.1) is 0 Å². The van der Waals surface area contributed by atoms with Crippen LogP contribution in [0.15, 0.2) is 54.1 Å². The van der Waals surface area contributed by atoms with E-state index in [0.29, 0.717) is 5.02 Å². The van der Waals surface area contributed by atoms with Gasteiger partial charge in [-0.2, -0.15) is 0 Å². The number of benzene rings is 2. The monoisotopic (exact) mass is 368 g/mol. The van der Waals surface area contributed by atoms with Crippen LogP contribution < -0.4 is 0 Å². The van der Waals surface area contributed by atoms with Crippen molar-refractivity contribution in [2.24, 2.45) is 0 Å². The summed E-state index contributed by atoms with van der Waals surface area (Å²) in [5.74, 6) is -4.98. The Morgan fingerprint density at radius 1 is 0.885 bits per heavy atom. The molecule has 0 amide bonds. The van der Waals surface area contributed by atoms with Crippen molar-refractivity contribution in [1.82, 2.24) is 0 Å². The number of rotatable bonds is 1. The third-order valence-corrected chi connectivity index (χ3v) is 4.67. The van der Waals surface area contributed by atoms with Crippen molar-refractivity contribution in [3.63, 3.8) is 0 Å². The van der Waals surface area contributed by atoms with E-state index in [2.05, 4.69) is 0 Å². The molecular weight excluding hydrogens is 360 g/mol. The Kier molecular flexibility index (Phi) is 3.35. The van der Waals surface area contributed by atoms with Gasteiger partial charge in [0, 0.05) is 21.7 Å². The van der Waals surface area contributed by atoms with Crippen LogP contribution in [0.2, 0.25) is 5.02 Å². The summed E-state index contributed by atoms with van der Waals surface area (Å²) in [7, 11) is 0. The summed E-state index contributed by atoms with van der Waals surface area (Å²) >= 11 is 5.80. The summed E-state index contributed by atoms with van der Waals surface area (Å²) in [4.78, 5) is 50.1. The van der Waals surface area contributed by atoms with Crippen molar-refractivity contribution < 1.29 is 29.0 Å². The lowest BCUT2D eigenvalue weighted by Gasteiger charge is -2.20. The third-order valence-electron chi connectivity index (χ3n) is 4.42. The normalized spacial score (nSPS) is 19.7. The number of hydrogen-bond donors (Lipinski definition) is 1. The van der Waals surface area contributed by atoms with Crippen molar-refractivity contribution in [2.75, 3.05) is 0 Å². The van der Waals surface area contributed by atoms with E-state index in [9.17, 15) is 24.3 Å². The molecule has 0 atom stereocenters. The minimum Gasteiger partial charge on any atom is -0.507 e. The predicted molar refractivity (Wildman–Crippen MR) is 89.9 cm³/mol. The maximum Gasteiger partial charge on any atom is 0.381 e. The second-order valence-corrected chi connectivity index (χ2v) is 6.27. The Balaban J connectivity index is 1.99. The van der Waals surface area contributed by atoms with Gasteiger partial charge in [0.25, 0.3) is 11.4 Å². The molecule has 0 unspecified atom stereocenters. The molecule has 1 fully saturated rings. The lowest BCUT2D eigenvalue weighted by molar-refractivity contribution is -0.149. The van der Waals surface area contributed by atoms with Crippen LogP contribution in [0.25, 0.3) is 5.76 Å². The predicted octanol–water partition coefficient (Wildman–Crippen LogP) is 2.55. The van der Waals surface area contributed by atoms with Crippen molar-refractivity contribution >= 4 is 40.7 Å². The first-order valence-electron chi connectivity index (χ1n) is 7.54. The molecule has 2 aromatic rings. The number of aliphatic hydroxyl groups excluding tert-OH is 1. The number of Topliss-reactive ketones (excluding diaryl/α,β-unsaturated/α-hetero) is 3. The Bertz CT molecular complexity index is 1010. The summed E-state index contributed by atoms with van der Waals surface area (Å²) < 4.78 is 4.98. The molecule has 2 aromatic carbocycles. The molecule has 0 saturated carbocycles. The van der Waals surface area contributed by atoms with Gasteiger partial charge in [-0.25, -0.2) is 4.79 Å². The Morgan fingerprint density at radius 2 is 1.42 bits per heavy atom. The molecular formula is C19H9ClO6. The van der Waals surface area contributed by atoms with E-state index in [4.69, 9.17) is 16.3 Å². The number of ketones is 3. The summed E-state index contributed by atoms with van der Waals surface area (Å²) in [6.45, 7) is 0. The maximum atomic E-state index is 12.9.